The van der Waals surface area contributed by atoms with Crippen LogP contribution in [-0.2, 0) is 4.79 Å². The lowest BCUT2D eigenvalue weighted by Crippen LogP contribution is -2.30. The number of benzene rings is 1. The summed E-state index contributed by atoms with van der Waals surface area (Å²) in [6.07, 6.45) is 1.18. The van der Waals surface area contributed by atoms with Crippen LogP contribution < -0.4 is 11.3 Å². The molecule has 1 aromatic carbocycles. The molecule has 3 N–H and O–H groups in total. The van der Waals surface area contributed by atoms with E-state index >= 15 is 0 Å². The SMILES string of the molecule is CC(CCC(=O)NN)Sc1ccc(Cl)c(Cl)c1. The van der Waals surface area contributed by atoms with Crippen molar-refractivity contribution in [1.29, 1.82) is 0 Å². The number of nitrogens with two attached hydrogens (primary N) is 1. The second-order valence-electron chi connectivity index (χ2n) is 3.61. The minimum absolute atomic E-state index is 0.147. The van der Waals surface area contributed by atoms with Crippen molar-refractivity contribution in [3.05, 3.63) is 28.2 Å². The number of hydrazine groups is 1. The summed E-state index contributed by atoms with van der Waals surface area (Å²) in [5.74, 6) is 4.86. The molecule has 94 valence electrons. The molecule has 1 amide bonds. The van der Waals surface area contributed by atoms with E-state index in [2.05, 4.69) is 12.3 Å². The van der Waals surface area contributed by atoms with Crippen molar-refractivity contribution in [2.45, 2.75) is 29.9 Å². The average Bonchev–Trinajstić information content (AvgIpc) is 2.31. The van der Waals surface area contributed by atoms with Crippen LogP contribution in [0.25, 0.3) is 0 Å². The Morgan fingerprint density at radius 1 is 1.47 bits per heavy atom. The van der Waals surface area contributed by atoms with E-state index in [-0.39, 0.29) is 5.91 Å². The smallest absolute Gasteiger partial charge is 0.233 e. The standard InChI is InChI=1S/C11H14Cl2N2OS/c1-7(2-5-11(16)15-14)17-8-3-4-9(12)10(13)6-8/h3-4,6-7H,2,5,14H2,1H3,(H,15,16). The van der Waals surface area contributed by atoms with Crippen LogP contribution in [0.2, 0.25) is 10.0 Å². The third kappa shape index (κ3) is 5.17. The van der Waals surface area contributed by atoms with E-state index < -0.39 is 0 Å². The van der Waals surface area contributed by atoms with Gasteiger partial charge in [-0.05, 0) is 24.6 Å². The number of nitrogens with one attached hydrogen (secondary N) is 1. The van der Waals surface area contributed by atoms with Crippen molar-refractivity contribution in [1.82, 2.24) is 5.43 Å². The maximum atomic E-state index is 11.0. The minimum Gasteiger partial charge on any atom is -0.294 e. The highest BCUT2D eigenvalue weighted by Gasteiger charge is 2.08. The molecular formula is C11H14Cl2N2OS. The molecule has 0 spiro atoms. The molecule has 0 saturated heterocycles. The number of halogens is 2. The summed E-state index contributed by atoms with van der Waals surface area (Å²) in [5, 5.41) is 1.40. The van der Waals surface area contributed by atoms with Gasteiger partial charge in [0, 0.05) is 16.6 Å². The summed E-state index contributed by atoms with van der Waals surface area (Å²) < 4.78 is 0. The van der Waals surface area contributed by atoms with Crippen molar-refractivity contribution in [3.63, 3.8) is 0 Å². The number of thioether (sulfide) groups is 1. The Morgan fingerprint density at radius 3 is 2.76 bits per heavy atom. The van der Waals surface area contributed by atoms with Gasteiger partial charge in [0.1, 0.15) is 0 Å². The molecule has 0 aliphatic heterocycles. The van der Waals surface area contributed by atoms with Crippen LogP contribution in [0, 0.1) is 0 Å². The van der Waals surface area contributed by atoms with Gasteiger partial charge in [-0.3, -0.25) is 10.2 Å². The van der Waals surface area contributed by atoms with Gasteiger partial charge in [0.15, 0.2) is 0 Å². The van der Waals surface area contributed by atoms with Crippen LogP contribution in [0.3, 0.4) is 0 Å². The van der Waals surface area contributed by atoms with E-state index in [1.807, 2.05) is 12.1 Å². The largest absolute Gasteiger partial charge is 0.294 e. The van der Waals surface area contributed by atoms with Crippen molar-refractivity contribution >= 4 is 40.9 Å². The molecule has 1 aromatic rings. The van der Waals surface area contributed by atoms with E-state index in [1.165, 1.54) is 0 Å². The van der Waals surface area contributed by atoms with E-state index in [4.69, 9.17) is 29.0 Å². The van der Waals surface area contributed by atoms with E-state index in [9.17, 15) is 4.79 Å². The summed E-state index contributed by atoms with van der Waals surface area (Å²) in [7, 11) is 0. The molecule has 0 fully saturated rings. The average molecular weight is 293 g/mol. The quantitative estimate of drug-likeness (QED) is 0.379. The Balaban J connectivity index is 2.47. The van der Waals surface area contributed by atoms with Gasteiger partial charge in [0.25, 0.3) is 0 Å². The lowest BCUT2D eigenvalue weighted by Gasteiger charge is -2.11. The molecule has 0 aromatic heterocycles. The van der Waals surface area contributed by atoms with Gasteiger partial charge < -0.3 is 0 Å². The number of carbonyl (C=O) groups is 1. The first kappa shape index (κ1) is 14.6. The normalized spacial score (nSPS) is 12.2. The van der Waals surface area contributed by atoms with Gasteiger partial charge in [-0.15, -0.1) is 11.8 Å². The van der Waals surface area contributed by atoms with Gasteiger partial charge in [-0.25, -0.2) is 5.84 Å². The molecular weight excluding hydrogens is 279 g/mol. The molecule has 6 heteroatoms. The van der Waals surface area contributed by atoms with Gasteiger partial charge in [0.2, 0.25) is 5.91 Å². The van der Waals surface area contributed by atoms with E-state index in [0.717, 1.165) is 11.3 Å². The first-order valence-corrected chi connectivity index (χ1v) is 6.77. The number of amides is 1. The highest BCUT2D eigenvalue weighted by molar-refractivity contribution is 7.99. The lowest BCUT2D eigenvalue weighted by molar-refractivity contribution is -0.121. The van der Waals surface area contributed by atoms with Crippen LogP contribution in [0.5, 0.6) is 0 Å². The molecule has 1 rings (SSSR count). The lowest BCUT2D eigenvalue weighted by atomic mass is 10.2. The molecule has 17 heavy (non-hydrogen) atoms. The predicted octanol–water partition coefficient (Wildman–Crippen LogP) is 3.24. The Morgan fingerprint density at radius 2 is 2.18 bits per heavy atom. The summed E-state index contributed by atoms with van der Waals surface area (Å²) in [6, 6.07) is 5.51. The van der Waals surface area contributed by atoms with Crippen LogP contribution in [0.1, 0.15) is 19.8 Å². The second kappa shape index (κ2) is 7.11. The Hall–Kier alpha value is -0.420. The fourth-order valence-corrected chi connectivity index (χ4v) is 2.64. The predicted molar refractivity (Wildman–Crippen MR) is 73.3 cm³/mol. The Kier molecular flexibility index (Phi) is 6.12. The molecule has 0 radical (unpaired) electrons. The zero-order chi connectivity index (χ0) is 12.8. The second-order valence-corrected chi connectivity index (χ2v) is 5.94. The number of hydrogen-bond acceptors (Lipinski definition) is 3. The van der Waals surface area contributed by atoms with Crippen LogP contribution >= 0.6 is 35.0 Å². The van der Waals surface area contributed by atoms with Gasteiger partial charge in [-0.1, -0.05) is 30.1 Å². The number of hydrogen-bond donors (Lipinski definition) is 2. The Bertz CT molecular complexity index is 401. The molecule has 1 unspecified atom stereocenters. The van der Waals surface area contributed by atoms with Crippen LogP contribution in [-0.4, -0.2) is 11.2 Å². The minimum atomic E-state index is -0.147. The molecule has 0 aliphatic rings. The van der Waals surface area contributed by atoms with E-state index in [1.54, 1.807) is 17.8 Å². The fourth-order valence-electron chi connectivity index (χ4n) is 1.25. The number of carbonyl (C=O) groups excluding carboxylic acids is 1. The number of rotatable bonds is 5. The van der Waals surface area contributed by atoms with Crippen LogP contribution in [0.15, 0.2) is 23.1 Å². The molecule has 3 nitrogen and oxygen atoms in total. The summed E-state index contributed by atoms with van der Waals surface area (Å²) >= 11 is 13.4. The molecule has 0 bridgehead atoms. The maximum Gasteiger partial charge on any atom is 0.233 e. The monoisotopic (exact) mass is 292 g/mol. The third-order valence-corrected chi connectivity index (χ3v) is 4.07. The van der Waals surface area contributed by atoms with Crippen molar-refractivity contribution in [2.24, 2.45) is 5.84 Å². The first-order chi connectivity index (χ1) is 8.02. The molecule has 1 atom stereocenters. The summed E-state index contributed by atoms with van der Waals surface area (Å²) in [5.41, 5.74) is 2.11. The van der Waals surface area contributed by atoms with Crippen molar-refractivity contribution in [3.8, 4) is 0 Å². The fraction of sp³-hybridized carbons (Fsp3) is 0.364. The summed E-state index contributed by atoms with van der Waals surface area (Å²) in [4.78, 5) is 12.0. The zero-order valence-corrected chi connectivity index (χ0v) is 11.7. The molecule has 0 saturated carbocycles. The maximum absolute atomic E-state index is 11.0. The van der Waals surface area contributed by atoms with Gasteiger partial charge >= 0.3 is 0 Å². The molecule has 0 aliphatic carbocycles. The third-order valence-electron chi connectivity index (χ3n) is 2.17. The highest BCUT2D eigenvalue weighted by atomic mass is 35.5. The van der Waals surface area contributed by atoms with Gasteiger partial charge in [-0.2, -0.15) is 0 Å². The van der Waals surface area contributed by atoms with Gasteiger partial charge in [0.05, 0.1) is 10.0 Å². The van der Waals surface area contributed by atoms with Crippen molar-refractivity contribution in [2.75, 3.05) is 0 Å². The zero-order valence-electron chi connectivity index (χ0n) is 9.37. The Labute approximate surface area is 115 Å². The first-order valence-electron chi connectivity index (χ1n) is 5.14. The topological polar surface area (TPSA) is 55.1 Å². The van der Waals surface area contributed by atoms with Crippen LogP contribution in [0.4, 0.5) is 0 Å². The highest BCUT2D eigenvalue weighted by Crippen LogP contribution is 2.31. The van der Waals surface area contributed by atoms with Crippen molar-refractivity contribution < 1.29 is 4.79 Å². The summed E-state index contributed by atoms with van der Waals surface area (Å²) in [6.45, 7) is 2.05. The molecule has 0 heterocycles. The van der Waals surface area contributed by atoms with E-state index in [0.29, 0.717) is 21.7 Å².